The van der Waals surface area contributed by atoms with Crippen molar-refractivity contribution in [1.82, 2.24) is 5.32 Å². The van der Waals surface area contributed by atoms with E-state index in [0.29, 0.717) is 12.8 Å². The first kappa shape index (κ1) is 9.46. The molecule has 1 atom stereocenters. The fraction of sp³-hybridized carbons (Fsp3) is 0.600. The number of hydrogen-bond acceptors (Lipinski definition) is 3. The van der Waals surface area contributed by atoms with Crippen LogP contribution in [0.3, 0.4) is 0 Å². The van der Waals surface area contributed by atoms with Crippen molar-refractivity contribution in [2.45, 2.75) is 18.9 Å². The molecule has 1 N–H and O–H groups in total. The van der Waals surface area contributed by atoms with Crippen LogP contribution in [0.1, 0.15) is 12.8 Å². The van der Waals surface area contributed by atoms with Gasteiger partial charge in [-0.05, 0) is 6.42 Å². The average molecular weight is 183 g/mol. The monoisotopic (exact) mass is 183 g/mol. The predicted octanol–water partition coefficient (Wildman–Crippen LogP) is -1.99. The molecule has 10 heavy (non-hydrogen) atoms. The molecular formula is C5H6MnNO3+. The Hall–Kier alpha value is -0.541. The van der Waals surface area contributed by atoms with E-state index in [-0.39, 0.29) is 23.0 Å². The first-order chi connectivity index (χ1) is 4.20. The van der Waals surface area contributed by atoms with Gasteiger partial charge in [-0.1, -0.05) is 0 Å². The zero-order valence-electron chi connectivity index (χ0n) is 5.09. The number of carboxylic acids is 1. The van der Waals surface area contributed by atoms with Crippen LogP contribution >= 0.6 is 0 Å². The van der Waals surface area contributed by atoms with Crippen molar-refractivity contribution in [2.24, 2.45) is 0 Å². The molecule has 0 spiro atoms. The molecule has 4 nitrogen and oxygen atoms in total. The molecule has 1 aliphatic rings. The maximum absolute atomic E-state index is 10.4. The number of carboxylic acid groups (broad SMARTS) is 1. The second kappa shape index (κ2) is 3.58. The second-order valence-electron chi connectivity index (χ2n) is 1.98. The molecule has 0 unspecified atom stereocenters. The minimum Gasteiger partial charge on any atom is -0.548 e. The quantitative estimate of drug-likeness (QED) is 0.478. The topological polar surface area (TPSA) is 69.2 Å². The molecule has 0 aromatic rings. The summed E-state index contributed by atoms with van der Waals surface area (Å²) >= 11 is 0. The fourth-order valence-corrected chi connectivity index (χ4v) is 0.791. The van der Waals surface area contributed by atoms with Crippen LogP contribution in [0.25, 0.3) is 0 Å². The van der Waals surface area contributed by atoms with Gasteiger partial charge in [0, 0.05) is 6.42 Å². The Bertz CT molecular complexity index is 159. The zero-order chi connectivity index (χ0) is 6.85. The van der Waals surface area contributed by atoms with E-state index in [4.69, 9.17) is 0 Å². The summed E-state index contributed by atoms with van der Waals surface area (Å²) in [6, 6.07) is -0.752. The third kappa shape index (κ3) is 2.00. The van der Waals surface area contributed by atoms with Gasteiger partial charge in [0.2, 0.25) is 5.91 Å². The Morgan fingerprint density at radius 2 is 2.30 bits per heavy atom. The van der Waals surface area contributed by atoms with Gasteiger partial charge in [-0.25, -0.2) is 0 Å². The molecular weight excluding hydrogens is 177 g/mol. The second-order valence-corrected chi connectivity index (χ2v) is 1.98. The van der Waals surface area contributed by atoms with Crippen LogP contribution < -0.4 is 10.4 Å². The van der Waals surface area contributed by atoms with Crippen LogP contribution in [0.15, 0.2) is 0 Å². The Morgan fingerprint density at radius 3 is 2.50 bits per heavy atom. The van der Waals surface area contributed by atoms with Gasteiger partial charge < -0.3 is 15.2 Å². The van der Waals surface area contributed by atoms with Gasteiger partial charge in [0.25, 0.3) is 0 Å². The van der Waals surface area contributed by atoms with E-state index >= 15 is 0 Å². The van der Waals surface area contributed by atoms with Gasteiger partial charge in [0.15, 0.2) is 0 Å². The van der Waals surface area contributed by atoms with E-state index in [2.05, 4.69) is 5.32 Å². The number of aliphatic carboxylic acids is 1. The number of nitrogens with one attached hydrogen (secondary N) is 1. The molecule has 1 heterocycles. The van der Waals surface area contributed by atoms with Gasteiger partial charge in [-0.2, -0.15) is 0 Å². The fourth-order valence-electron chi connectivity index (χ4n) is 0.791. The van der Waals surface area contributed by atoms with Crippen molar-refractivity contribution in [3.63, 3.8) is 0 Å². The Morgan fingerprint density at radius 1 is 1.70 bits per heavy atom. The maximum atomic E-state index is 10.4. The molecule has 0 bridgehead atoms. The van der Waals surface area contributed by atoms with E-state index in [1.807, 2.05) is 0 Å². The summed E-state index contributed by atoms with van der Waals surface area (Å²) in [5, 5.41) is 12.3. The summed E-state index contributed by atoms with van der Waals surface area (Å²) in [5.74, 6) is -1.40. The zero-order valence-corrected chi connectivity index (χ0v) is 6.27. The number of rotatable bonds is 1. The molecule has 0 aliphatic carbocycles. The third-order valence-electron chi connectivity index (χ3n) is 1.28. The molecule has 1 aliphatic heterocycles. The largest absolute Gasteiger partial charge is 2.00 e. The summed E-state index contributed by atoms with van der Waals surface area (Å²) in [6.07, 6.45) is 0.666. The van der Waals surface area contributed by atoms with Crippen LogP contribution in [-0.4, -0.2) is 17.9 Å². The normalized spacial score (nSPS) is 23.2. The molecule has 1 rings (SSSR count). The molecule has 55 valence electrons. The van der Waals surface area contributed by atoms with E-state index in [1.165, 1.54) is 0 Å². The molecule has 1 fully saturated rings. The molecule has 0 aromatic carbocycles. The third-order valence-corrected chi connectivity index (χ3v) is 1.28. The van der Waals surface area contributed by atoms with E-state index in [1.54, 1.807) is 0 Å². The van der Waals surface area contributed by atoms with Gasteiger partial charge >= 0.3 is 17.1 Å². The van der Waals surface area contributed by atoms with Crippen LogP contribution in [0, 0.1) is 0 Å². The minimum atomic E-state index is -1.19. The number of amides is 1. The Balaban J connectivity index is 0.000000810. The Labute approximate surface area is 68.5 Å². The summed E-state index contributed by atoms with van der Waals surface area (Å²) in [4.78, 5) is 20.4. The molecule has 1 amide bonds. The van der Waals surface area contributed by atoms with Gasteiger partial charge in [-0.3, -0.25) is 4.79 Å². The number of carbonyl (C=O) groups excluding carboxylic acids is 2. The molecule has 5 heteroatoms. The van der Waals surface area contributed by atoms with E-state index < -0.39 is 12.0 Å². The van der Waals surface area contributed by atoms with Gasteiger partial charge in [-0.15, -0.1) is 0 Å². The molecule has 1 saturated heterocycles. The van der Waals surface area contributed by atoms with Crippen LogP contribution in [0.5, 0.6) is 0 Å². The van der Waals surface area contributed by atoms with Crippen molar-refractivity contribution in [2.75, 3.05) is 0 Å². The van der Waals surface area contributed by atoms with E-state index in [0.717, 1.165) is 0 Å². The number of hydrogen-bond donors (Lipinski definition) is 1. The molecule has 1 radical (unpaired) electrons. The van der Waals surface area contributed by atoms with Gasteiger partial charge in [0.1, 0.15) is 0 Å². The minimum absolute atomic E-state index is 0. The van der Waals surface area contributed by atoms with E-state index in [9.17, 15) is 14.7 Å². The van der Waals surface area contributed by atoms with Crippen LogP contribution in [0.4, 0.5) is 0 Å². The Kier molecular flexibility index (Phi) is 3.39. The first-order valence-electron chi connectivity index (χ1n) is 2.70. The van der Waals surface area contributed by atoms with Crippen molar-refractivity contribution in [3.8, 4) is 0 Å². The smallest absolute Gasteiger partial charge is 0.548 e. The summed E-state index contributed by atoms with van der Waals surface area (Å²) in [5.41, 5.74) is 0. The van der Waals surface area contributed by atoms with Crippen molar-refractivity contribution in [3.05, 3.63) is 0 Å². The molecule has 0 aromatic heterocycles. The van der Waals surface area contributed by atoms with Crippen LogP contribution in [0.2, 0.25) is 0 Å². The SMILES string of the molecule is O=C1CC[C@@H](C(=O)[O-])N1.[Mn+2]. The average Bonchev–Trinajstić information content (AvgIpc) is 2.14. The summed E-state index contributed by atoms with van der Waals surface area (Å²) in [7, 11) is 0. The standard InChI is InChI=1S/C5H7NO3.Mn/c7-4-2-1-3(6-4)5(8)9;/h3H,1-2H2,(H,6,7)(H,8,9);/q;+2/p-1/t3-;/m0./s1. The predicted molar refractivity (Wildman–Crippen MR) is 26.2 cm³/mol. The van der Waals surface area contributed by atoms with Crippen molar-refractivity contribution < 1.29 is 31.8 Å². The first-order valence-corrected chi connectivity index (χ1v) is 2.70. The van der Waals surface area contributed by atoms with Crippen LogP contribution in [-0.2, 0) is 26.7 Å². The summed E-state index contributed by atoms with van der Waals surface area (Å²) in [6.45, 7) is 0. The van der Waals surface area contributed by atoms with Gasteiger partial charge in [0.05, 0.1) is 12.0 Å². The van der Waals surface area contributed by atoms with Crippen molar-refractivity contribution in [1.29, 1.82) is 0 Å². The summed E-state index contributed by atoms with van der Waals surface area (Å²) < 4.78 is 0. The maximum Gasteiger partial charge on any atom is 2.00 e. The number of carbonyl (C=O) groups is 2. The van der Waals surface area contributed by atoms with Crippen molar-refractivity contribution >= 4 is 11.9 Å². The molecule has 0 saturated carbocycles.